The van der Waals surface area contributed by atoms with E-state index in [9.17, 15) is 4.79 Å². The zero-order valence-corrected chi connectivity index (χ0v) is 11.9. The van der Waals surface area contributed by atoms with E-state index in [4.69, 9.17) is 0 Å². The third-order valence-electron chi connectivity index (χ3n) is 3.94. The SMILES string of the molecule is CCN(C)C(=O)NCC1(CC(C)C)CCCC1. The first-order valence-corrected chi connectivity index (χ1v) is 6.98. The van der Waals surface area contributed by atoms with E-state index in [0.717, 1.165) is 13.1 Å². The summed E-state index contributed by atoms with van der Waals surface area (Å²) < 4.78 is 0. The average molecular weight is 240 g/mol. The molecule has 0 aliphatic heterocycles. The first-order valence-electron chi connectivity index (χ1n) is 6.98. The minimum atomic E-state index is 0.0718. The molecule has 0 aromatic carbocycles. The normalized spacial score (nSPS) is 18.4. The molecule has 1 aliphatic carbocycles. The molecule has 3 heteroatoms. The molecule has 0 radical (unpaired) electrons. The number of nitrogens with one attached hydrogen (secondary N) is 1. The molecule has 1 N–H and O–H groups in total. The number of hydrogen-bond acceptors (Lipinski definition) is 1. The highest BCUT2D eigenvalue weighted by molar-refractivity contribution is 5.73. The van der Waals surface area contributed by atoms with Gasteiger partial charge in [-0.2, -0.15) is 0 Å². The topological polar surface area (TPSA) is 32.3 Å². The van der Waals surface area contributed by atoms with E-state index in [1.54, 1.807) is 4.90 Å². The standard InChI is InChI=1S/C14H28N2O/c1-5-16(4)13(17)15-11-14(10-12(2)3)8-6-7-9-14/h12H,5-11H2,1-4H3,(H,15,17). The van der Waals surface area contributed by atoms with Crippen molar-refractivity contribution in [1.29, 1.82) is 0 Å². The summed E-state index contributed by atoms with van der Waals surface area (Å²) in [5, 5.41) is 3.11. The van der Waals surface area contributed by atoms with Gasteiger partial charge in [-0.05, 0) is 37.5 Å². The van der Waals surface area contributed by atoms with Gasteiger partial charge in [-0.1, -0.05) is 26.7 Å². The van der Waals surface area contributed by atoms with Gasteiger partial charge in [0.1, 0.15) is 0 Å². The maximum Gasteiger partial charge on any atom is 0.317 e. The summed E-state index contributed by atoms with van der Waals surface area (Å²) in [7, 11) is 1.85. The second kappa shape index (κ2) is 6.27. The van der Waals surface area contributed by atoms with Crippen molar-refractivity contribution in [3.05, 3.63) is 0 Å². The van der Waals surface area contributed by atoms with E-state index >= 15 is 0 Å². The molecule has 1 saturated carbocycles. The van der Waals surface area contributed by atoms with Gasteiger partial charge in [-0.25, -0.2) is 4.79 Å². The Morgan fingerprint density at radius 3 is 2.41 bits per heavy atom. The van der Waals surface area contributed by atoms with Crippen LogP contribution in [0, 0.1) is 11.3 Å². The van der Waals surface area contributed by atoms with Crippen molar-refractivity contribution in [2.45, 2.75) is 52.9 Å². The van der Waals surface area contributed by atoms with E-state index in [1.165, 1.54) is 32.1 Å². The number of rotatable bonds is 5. The zero-order chi connectivity index (χ0) is 12.9. The Labute approximate surface area is 106 Å². The van der Waals surface area contributed by atoms with Crippen molar-refractivity contribution in [2.24, 2.45) is 11.3 Å². The molecule has 17 heavy (non-hydrogen) atoms. The summed E-state index contributed by atoms with van der Waals surface area (Å²) in [6.07, 6.45) is 6.45. The largest absolute Gasteiger partial charge is 0.337 e. The van der Waals surface area contributed by atoms with Gasteiger partial charge >= 0.3 is 6.03 Å². The minimum absolute atomic E-state index is 0.0718. The lowest BCUT2D eigenvalue weighted by Gasteiger charge is -2.32. The first kappa shape index (κ1) is 14.3. The number of amides is 2. The van der Waals surface area contributed by atoms with Gasteiger partial charge in [0, 0.05) is 20.1 Å². The van der Waals surface area contributed by atoms with Gasteiger partial charge in [0.05, 0.1) is 0 Å². The smallest absolute Gasteiger partial charge is 0.317 e. The lowest BCUT2D eigenvalue weighted by molar-refractivity contribution is 0.189. The molecule has 0 aromatic rings. The highest BCUT2D eigenvalue weighted by Crippen LogP contribution is 2.42. The van der Waals surface area contributed by atoms with Crippen molar-refractivity contribution < 1.29 is 4.79 Å². The van der Waals surface area contributed by atoms with Crippen molar-refractivity contribution in [2.75, 3.05) is 20.1 Å². The second-order valence-corrected chi connectivity index (χ2v) is 5.98. The van der Waals surface area contributed by atoms with Gasteiger partial charge in [-0.15, -0.1) is 0 Å². The molecule has 1 fully saturated rings. The number of carbonyl (C=O) groups is 1. The van der Waals surface area contributed by atoms with Crippen LogP contribution in [0.25, 0.3) is 0 Å². The number of carbonyl (C=O) groups excluding carboxylic acids is 1. The van der Waals surface area contributed by atoms with Crippen molar-refractivity contribution in [1.82, 2.24) is 10.2 Å². The van der Waals surface area contributed by atoms with Gasteiger partial charge in [0.25, 0.3) is 0 Å². The summed E-state index contributed by atoms with van der Waals surface area (Å²) >= 11 is 0. The Morgan fingerprint density at radius 2 is 1.94 bits per heavy atom. The lowest BCUT2D eigenvalue weighted by Crippen LogP contribution is -2.43. The van der Waals surface area contributed by atoms with E-state index < -0.39 is 0 Å². The fourth-order valence-corrected chi connectivity index (χ4v) is 2.99. The molecule has 0 aromatic heterocycles. The average Bonchev–Trinajstić information content (AvgIpc) is 2.73. The van der Waals surface area contributed by atoms with Crippen LogP contribution >= 0.6 is 0 Å². The highest BCUT2D eigenvalue weighted by Gasteiger charge is 2.34. The molecule has 0 bridgehead atoms. The molecule has 2 amide bonds. The van der Waals surface area contributed by atoms with E-state index in [0.29, 0.717) is 11.3 Å². The molecule has 0 spiro atoms. The number of urea groups is 1. The van der Waals surface area contributed by atoms with Crippen molar-refractivity contribution in [3.63, 3.8) is 0 Å². The number of nitrogens with zero attached hydrogens (tertiary/aromatic N) is 1. The van der Waals surface area contributed by atoms with Crippen LogP contribution in [0.2, 0.25) is 0 Å². The molecule has 1 aliphatic rings. The maximum absolute atomic E-state index is 11.8. The van der Waals surface area contributed by atoms with Crippen LogP contribution < -0.4 is 5.32 Å². The molecule has 0 saturated heterocycles. The molecule has 100 valence electrons. The summed E-state index contributed by atoms with van der Waals surface area (Å²) in [5.41, 5.74) is 0.373. The summed E-state index contributed by atoms with van der Waals surface area (Å²) in [4.78, 5) is 13.5. The fraction of sp³-hybridized carbons (Fsp3) is 0.929. The molecule has 1 rings (SSSR count). The summed E-state index contributed by atoms with van der Waals surface area (Å²) in [6, 6.07) is 0.0718. The second-order valence-electron chi connectivity index (χ2n) is 5.98. The van der Waals surface area contributed by atoms with Crippen molar-refractivity contribution >= 4 is 6.03 Å². The molecule has 0 atom stereocenters. The molecule has 3 nitrogen and oxygen atoms in total. The minimum Gasteiger partial charge on any atom is -0.337 e. The summed E-state index contributed by atoms with van der Waals surface area (Å²) in [6.45, 7) is 8.18. The van der Waals surface area contributed by atoms with E-state index in [1.807, 2.05) is 14.0 Å². The van der Waals surface area contributed by atoms with E-state index in [2.05, 4.69) is 19.2 Å². The van der Waals surface area contributed by atoms with Crippen LogP contribution in [0.1, 0.15) is 52.9 Å². The Bertz CT molecular complexity index is 245. The Balaban J connectivity index is 2.47. The highest BCUT2D eigenvalue weighted by atomic mass is 16.2. The Kier molecular flexibility index (Phi) is 5.29. The summed E-state index contributed by atoms with van der Waals surface area (Å²) in [5.74, 6) is 0.717. The quantitative estimate of drug-likeness (QED) is 0.786. The lowest BCUT2D eigenvalue weighted by atomic mass is 9.78. The first-order chi connectivity index (χ1) is 7.99. The zero-order valence-electron chi connectivity index (χ0n) is 11.9. The fourth-order valence-electron chi connectivity index (χ4n) is 2.99. The monoisotopic (exact) mass is 240 g/mol. The third kappa shape index (κ3) is 4.21. The van der Waals surface area contributed by atoms with Crippen LogP contribution in [0.4, 0.5) is 4.79 Å². The molecular weight excluding hydrogens is 212 g/mol. The van der Waals surface area contributed by atoms with Crippen LogP contribution in [0.3, 0.4) is 0 Å². The third-order valence-corrected chi connectivity index (χ3v) is 3.94. The predicted molar refractivity (Wildman–Crippen MR) is 72.1 cm³/mol. The molecular formula is C14H28N2O. The predicted octanol–water partition coefficient (Wildman–Crippen LogP) is 3.25. The molecule has 0 unspecified atom stereocenters. The number of hydrogen-bond donors (Lipinski definition) is 1. The van der Waals surface area contributed by atoms with Crippen LogP contribution in [0.5, 0.6) is 0 Å². The Morgan fingerprint density at radius 1 is 1.35 bits per heavy atom. The maximum atomic E-state index is 11.8. The van der Waals surface area contributed by atoms with Crippen molar-refractivity contribution in [3.8, 4) is 0 Å². The molecule has 0 heterocycles. The van der Waals surface area contributed by atoms with Crippen LogP contribution in [-0.4, -0.2) is 31.1 Å². The van der Waals surface area contributed by atoms with Gasteiger partial charge < -0.3 is 10.2 Å². The van der Waals surface area contributed by atoms with Crippen LogP contribution in [-0.2, 0) is 0 Å². The van der Waals surface area contributed by atoms with Gasteiger partial charge in [0.15, 0.2) is 0 Å². The van der Waals surface area contributed by atoms with Crippen LogP contribution in [0.15, 0.2) is 0 Å². The van der Waals surface area contributed by atoms with E-state index in [-0.39, 0.29) is 6.03 Å². The Hall–Kier alpha value is -0.730. The van der Waals surface area contributed by atoms with Gasteiger partial charge in [0.2, 0.25) is 0 Å². The van der Waals surface area contributed by atoms with Gasteiger partial charge in [-0.3, -0.25) is 0 Å².